The van der Waals surface area contributed by atoms with E-state index in [4.69, 9.17) is 37.5 Å². The summed E-state index contributed by atoms with van der Waals surface area (Å²) in [6.07, 6.45) is -8.41. The van der Waals surface area contributed by atoms with Gasteiger partial charge in [-0.3, -0.25) is 105 Å². The summed E-state index contributed by atoms with van der Waals surface area (Å²) in [5, 5.41) is 114. The van der Waals surface area contributed by atoms with Crippen molar-refractivity contribution < 1.29 is 155 Å². The zero-order chi connectivity index (χ0) is 107. The minimum atomic E-state index is -2.51. The first-order valence-electron chi connectivity index (χ1n) is 44.4. The number of nitrogens with one attached hydrogen (secondary N) is 16. The molecule has 61 heteroatoms. The molecule has 6 heterocycles. The van der Waals surface area contributed by atoms with Gasteiger partial charge in [-0.15, -0.1) is 0 Å². The number of aliphatic hydroxyl groups excluding tert-OH is 2. The molecule has 3 aromatic heterocycles. The molecule has 145 heavy (non-hydrogen) atoms. The van der Waals surface area contributed by atoms with Crippen molar-refractivity contribution in [3.8, 4) is 5.75 Å². The summed E-state index contributed by atoms with van der Waals surface area (Å²) in [7, 11) is 0.567. The fourth-order valence-corrected chi connectivity index (χ4v) is 17.8. The van der Waals surface area contributed by atoms with Crippen LogP contribution in [0.15, 0.2) is 63.5 Å². The second-order valence-corrected chi connectivity index (χ2v) is 37.2. The molecule has 2 aromatic carbocycles. The van der Waals surface area contributed by atoms with Gasteiger partial charge in [-0.05, 0) is 81.1 Å². The van der Waals surface area contributed by atoms with E-state index in [2.05, 4.69) is 104 Å². The van der Waals surface area contributed by atoms with Gasteiger partial charge < -0.3 is 158 Å². The van der Waals surface area contributed by atoms with Crippen molar-refractivity contribution in [1.82, 2.24) is 98.9 Å². The third kappa shape index (κ3) is 36.4. The number of hydrogen-bond acceptors (Lipinski definition) is 37. The van der Waals surface area contributed by atoms with Gasteiger partial charge in [0.1, 0.15) is 84.4 Å². The summed E-state index contributed by atoms with van der Waals surface area (Å²) in [6.45, 7) is 2.07. The number of aromatic nitrogens is 5. The van der Waals surface area contributed by atoms with Crippen LogP contribution in [0, 0.1) is 11.8 Å². The number of aromatic hydroxyl groups is 1. The monoisotopic (exact) mass is 2100 g/mol. The van der Waals surface area contributed by atoms with Crippen molar-refractivity contribution in [2.24, 2.45) is 34.0 Å². The second-order valence-electron chi connectivity index (χ2n) is 33.1. The van der Waals surface area contributed by atoms with E-state index in [1.165, 1.54) is 50.5 Å². The Balaban J connectivity index is 0.000000590. The molecule has 0 spiro atoms. The van der Waals surface area contributed by atoms with Crippen LogP contribution in [-0.4, -0.2) is 354 Å². The number of ether oxygens (including phenoxy) is 2. The number of phenolic OH excluding ortho intramolecular Hbond substituents is 1. The van der Waals surface area contributed by atoms with E-state index >= 15 is 4.79 Å². The molecule has 1 saturated heterocycles. The molecule has 2 unspecified atom stereocenters. The van der Waals surface area contributed by atoms with Gasteiger partial charge in [0.2, 0.25) is 82.7 Å². The predicted octanol–water partition coefficient (Wildman–Crippen LogP) is -8.83. The molecule has 32 N–H and O–H groups in total. The summed E-state index contributed by atoms with van der Waals surface area (Å²) >= 11 is 0. The third-order valence-corrected chi connectivity index (χ3v) is 26.1. The minimum Gasteiger partial charge on any atom is -0.508 e. The molecular weight excluding hydrogens is 1980 g/mol. The maximum Gasteiger partial charge on any atom is 0.508 e. The summed E-state index contributed by atoms with van der Waals surface area (Å²) in [5.41, 5.74) is 22.5. The van der Waals surface area contributed by atoms with Crippen LogP contribution in [0.1, 0.15) is 114 Å². The summed E-state index contributed by atoms with van der Waals surface area (Å²) < 4.78 is 25.1. The zero-order valence-electron chi connectivity index (χ0n) is 78.3. The maximum atomic E-state index is 15.1. The van der Waals surface area contributed by atoms with Gasteiger partial charge in [-0.25, -0.2) is 24.4 Å². The number of guanidine groups is 1. The summed E-state index contributed by atoms with van der Waals surface area (Å²) in [5.74, 6) is -27.4. The number of likely N-dealkylation sites (N-methyl/N-ethyl adjacent to an activating group) is 1. The average molecular weight is 2100 g/mol. The molecule has 5 aromatic rings. The second kappa shape index (κ2) is 55.8. The fraction of sp³-hybridized carbons (Fsp3) is 0.500. The highest BCUT2D eigenvalue weighted by atomic mass is 33.1. The quantitative estimate of drug-likeness (QED) is 0.00566. The van der Waals surface area contributed by atoms with Crippen LogP contribution in [0.5, 0.6) is 5.75 Å². The van der Waals surface area contributed by atoms with Crippen molar-refractivity contribution in [1.29, 1.82) is 0 Å². The Labute approximate surface area is 831 Å². The van der Waals surface area contributed by atoms with E-state index in [0.717, 1.165) is 33.4 Å². The number of H-pyrrole nitrogens is 2. The number of rotatable bonds is 43. The number of anilines is 2. The number of aliphatic hydroxyl groups is 2. The number of ketones is 1. The highest BCUT2D eigenvalue weighted by Gasteiger charge is 2.46. The van der Waals surface area contributed by atoms with Crippen molar-refractivity contribution in [2.75, 3.05) is 74.7 Å². The normalized spacial score (nSPS) is 19.8. The van der Waals surface area contributed by atoms with Crippen molar-refractivity contribution in [3.05, 3.63) is 75.8 Å². The van der Waals surface area contributed by atoms with Gasteiger partial charge in [0.15, 0.2) is 22.9 Å². The lowest BCUT2D eigenvalue weighted by molar-refractivity contribution is -0.144. The van der Waals surface area contributed by atoms with E-state index in [0.29, 0.717) is 11.4 Å². The topological polar surface area (TPSA) is 931 Å². The predicted molar refractivity (Wildman–Crippen MR) is 507 cm³/mol. The van der Waals surface area contributed by atoms with Gasteiger partial charge in [0, 0.05) is 72.5 Å². The molecule has 0 radical (unpaired) electrons. The van der Waals surface area contributed by atoms with E-state index < -0.39 is 320 Å². The number of primary amides is 1. The Morgan fingerprint density at radius 3 is 1.90 bits per heavy atom. The number of aromatic amines is 2. The zero-order valence-corrected chi connectivity index (χ0v) is 80.7. The smallest absolute Gasteiger partial charge is 0.508 e. The largest absolute Gasteiger partial charge is 0.508 e. The van der Waals surface area contributed by atoms with Gasteiger partial charge in [-0.2, -0.15) is 4.98 Å². The molecule has 790 valence electrons. The van der Waals surface area contributed by atoms with Crippen LogP contribution >= 0.6 is 21.6 Å². The van der Waals surface area contributed by atoms with Crippen LogP contribution in [0.3, 0.4) is 0 Å². The molecule has 1 fully saturated rings. The molecule has 0 aliphatic carbocycles. The highest BCUT2D eigenvalue weighted by Crippen LogP contribution is 2.31. The number of aliphatic imine (C=N–C) groups is 1. The molecule has 14 amide bonds. The SMILES string of the molecule is CC(=O)[C@H](CC(=O)O)NC(=O)CC[C@H](NC(=O)c1ccc(NCc2cnc3nc(N)[nH]c(=O)c3n2)cc1)C(=O)O.CCC(C)[C@@H]1NC(=O)CNC(=O)[C@@H]2Cc3c([nH]c4cc(O)ccc34)S(=O)C[C@@H](NC(=O)CNC1=O)C(=O)N[C@@H](CC(N)=O)C(=O)N1C[C@H](O)C[C@H]1C(=O)N[C@@H]([C@@H](C)[C@@H](O)COC(=O)OCCSSC[C@H](NC(=O)[C@H](CC(=O)O)NC(=O)[C@H](CC(=O)O)NC(=O)[C@H](CCCN=C(N)N)NC)C(=O)O)C(=O)N2. The molecule has 58 nitrogen and oxygen atoms in total. The minimum absolute atomic E-state index is 0.0323. The summed E-state index contributed by atoms with van der Waals surface area (Å²) in [4.78, 5) is 308. The molecule has 0 saturated carbocycles. The number of phenols is 1. The Kier molecular flexibility index (Phi) is 44.8. The lowest BCUT2D eigenvalue weighted by atomic mass is 9.93. The molecule has 3 aliphatic rings. The van der Waals surface area contributed by atoms with Gasteiger partial charge in [0.05, 0.1) is 104 Å². The van der Waals surface area contributed by atoms with E-state index in [9.17, 15) is 141 Å². The molecule has 3 aliphatic heterocycles. The van der Waals surface area contributed by atoms with Gasteiger partial charge in [0.25, 0.3) is 11.5 Å². The molecular formula is C84H113N25O33S3. The number of carboxylic acid groups (broad SMARTS) is 5. The molecule has 17 atom stereocenters. The van der Waals surface area contributed by atoms with Crippen LogP contribution in [-0.2, 0) is 124 Å². The molecule has 2 bridgehead atoms. The average Bonchev–Trinajstić information content (AvgIpc) is 1.63. The van der Waals surface area contributed by atoms with Crippen LogP contribution in [0.4, 0.5) is 16.4 Å². The number of carboxylic acids is 5. The van der Waals surface area contributed by atoms with E-state index in [1.54, 1.807) is 26.0 Å². The lowest BCUT2D eigenvalue weighted by Crippen LogP contribution is -2.62. The Morgan fingerprint density at radius 1 is 0.676 bits per heavy atom. The van der Waals surface area contributed by atoms with Gasteiger partial charge in [-0.1, -0.05) is 48.8 Å². The van der Waals surface area contributed by atoms with Crippen LogP contribution in [0.25, 0.3) is 22.1 Å². The first-order chi connectivity index (χ1) is 68.4. The fourth-order valence-electron chi connectivity index (χ4n) is 14.4. The number of carbonyl (C=O) groups excluding carboxylic acids is 16. The van der Waals surface area contributed by atoms with Crippen molar-refractivity contribution >= 4 is 197 Å². The Hall–Kier alpha value is -15.5. The number of fused-ring (bicyclic) bond motifs is 6. The first kappa shape index (κ1) is 116. The van der Waals surface area contributed by atoms with Crippen LogP contribution < -0.4 is 103 Å². The number of carbonyl (C=O) groups is 21. The number of hydrogen-bond donors (Lipinski definition) is 28. The molecule has 8 rings (SSSR count). The number of aliphatic carboxylic acids is 5. The number of nitrogen functional groups attached to an aromatic ring is 1. The Bertz CT molecular complexity index is 5770. The number of nitrogens with zero attached hydrogens (tertiary/aromatic N) is 5. The number of benzene rings is 2. The third-order valence-electron chi connectivity index (χ3n) is 22.2. The lowest BCUT2D eigenvalue weighted by Gasteiger charge is -2.33. The van der Waals surface area contributed by atoms with Crippen molar-refractivity contribution in [2.45, 2.75) is 195 Å². The van der Waals surface area contributed by atoms with Crippen molar-refractivity contribution in [3.63, 3.8) is 0 Å². The number of Topliss-reactive ketones (excluding diaryl/α,β-unsaturated/α-hetero) is 1. The highest BCUT2D eigenvalue weighted by molar-refractivity contribution is 8.76. The number of nitrogens with two attached hydrogens (primary N) is 4. The van der Waals surface area contributed by atoms with Crippen LogP contribution in [0.2, 0.25) is 0 Å². The summed E-state index contributed by atoms with van der Waals surface area (Å²) in [6, 6.07) is -10.4. The standard InChI is InChI=1S/C60H87N17O25S3.C24H26N8O8/c1-5-25(2)46-54(94)67-19-42(82)68-38-24-105(100)56-30(29-9-8-27(78)13-32(29)74-56)15-33(48(88)66-20-43(83)75-46)71-55(95)47(76-53(93)39-14-28(79)21-77(39)57(96)36(16-41(61)81)72-52(38)92)26(3)40(80)22-102-60(99)101-11-12-103-104-23-37(58(97)98)73-51(91)35(18-45(86)87)70-50(90)34(17-44(84)85)69-49(89)31(64-4)7-6-10-65-59(62)63;1-11(33)16(8-18(35)36)29-17(34)7-6-15(23(39)40)30-21(37)12-2-4-13(5-3-12)26-9-14-10-27-20-19(28-14)22(38)32-24(25)31-20/h8-9,13,25-26,28,31,33-40,46-47,64,74,78-80H,5-7,10-12,14-24H2,1-4H3,(H2,61,81)(H,66,88)(H,67,94)(H,68,82)(H,69,89)(H,70,90)(H,71,95)(H,72,92)(H,73,91)(H,75,83)(H,76,93)(H,84,85)(H,86,87)(H,97,98)(H4,62,63,65);2-5,10,15-16,26H,6-9H2,1H3,(H,29,34)(H,30,37)(H,35,36)(H,39,40)(H3,25,27,31,32,38)/t25?,26-,28+,31-,33-,34-,35-,36-,37-,38+,39-,40-,46-,47-,105?;15-,16-/m00/s1. The van der Waals surface area contributed by atoms with Gasteiger partial charge >= 0.3 is 36.0 Å². The van der Waals surface area contributed by atoms with E-state index in [-0.39, 0.29) is 107 Å². The first-order valence-corrected chi connectivity index (χ1v) is 48.2. The number of amides is 14. The van der Waals surface area contributed by atoms with E-state index in [1.807, 2.05) is 0 Å². The Morgan fingerprint density at radius 2 is 1.30 bits per heavy atom. The maximum absolute atomic E-state index is 15.1.